The summed E-state index contributed by atoms with van der Waals surface area (Å²) in [4.78, 5) is 23.1. The van der Waals surface area contributed by atoms with Crippen LogP contribution < -0.4 is 16.0 Å². The number of carbonyl (C=O) groups is 1. The molecule has 8 nitrogen and oxygen atoms in total. The first kappa shape index (κ1) is 16.8. The van der Waals surface area contributed by atoms with Gasteiger partial charge in [0.2, 0.25) is 10.0 Å². The first-order valence-corrected chi connectivity index (χ1v) is 8.26. The minimum atomic E-state index is -3.70. The van der Waals surface area contributed by atoms with Gasteiger partial charge in [-0.2, -0.15) is 5.10 Å². The lowest BCUT2D eigenvalue weighted by atomic mass is 10.1. The van der Waals surface area contributed by atoms with E-state index in [9.17, 15) is 18.0 Å². The molecule has 9 heteroatoms. The molecule has 0 saturated carbocycles. The highest BCUT2D eigenvalue weighted by Gasteiger charge is 2.09. The van der Waals surface area contributed by atoms with Gasteiger partial charge >= 0.3 is 0 Å². The Morgan fingerprint density at radius 3 is 2.43 bits per heavy atom. The summed E-state index contributed by atoms with van der Waals surface area (Å²) < 4.78 is 23.4. The van der Waals surface area contributed by atoms with Crippen LogP contribution in [0.5, 0.6) is 0 Å². The fourth-order valence-electron chi connectivity index (χ4n) is 1.88. The lowest BCUT2D eigenvalue weighted by molar-refractivity contribution is 0.0947. The molecule has 0 aliphatic carbocycles. The lowest BCUT2D eigenvalue weighted by Crippen LogP contribution is -2.29. The number of primary sulfonamides is 1. The molecule has 2 aromatic rings. The minimum Gasteiger partial charge on any atom is -0.350 e. The molecular formula is C14H16N4O4S. The first-order chi connectivity index (χ1) is 10.8. The molecule has 0 aliphatic rings. The van der Waals surface area contributed by atoms with E-state index in [0.29, 0.717) is 13.0 Å². The van der Waals surface area contributed by atoms with Crippen LogP contribution in [0.2, 0.25) is 0 Å². The van der Waals surface area contributed by atoms with Gasteiger partial charge in [0.25, 0.3) is 11.5 Å². The predicted molar refractivity (Wildman–Crippen MR) is 83.3 cm³/mol. The Labute approximate surface area is 133 Å². The van der Waals surface area contributed by atoms with E-state index >= 15 is 0 Å². The van der Waals surface area contributed by atoms with Gasteiger partial charge in [-0.1, -0.05) is 12.1 Å². The van der Waals surface area contributed by atoms with Crippen LogP contribution in [0.3, 0.4) is 0 Å². The van der Waals surface area contributed by atoms with Gasteiger partial charge in [-0.05, 0) is 30.2 Å². The third kappa shape index (κ3) is 4.47. The molecule has 23 heavy (non-hydrogen) atoms. The monoisotopic (exact) mass is 336 g/mol. The zero-order valence-electron chi connectivity index (χ0n) is 12.4. The number of aromatic nitrogens is 2. The highest BCUT2D eigenvalue weighted by molar-refractivity contribution is 7.89. The van der Waals surface area contributed by atoms with Crippen molar-refractivity contribution in [3.63, 3.8) is 0 Å². The van der Waals surface area contributed by atoms with Gasteiger partial charge in [0, 0.05) is 19.7 Å². The average Bonchev–Trinajstić information content (AvgIpc) is 2.49. The molecule has 122 valence electrons. The summed E-state index contributed by atoms with van der Waals surface area (Å²) in [7, 11) is -2.24. The van der Waals surface area contributed by atoms with Gasteiger partial charge < -0.3 is 5.32 Å². The van der Waals surface area contributed by atoms with Crippen LogP contribution in [0, 0.1) is 0 Å². The van der Waals surface area contributed by atoms with Crippen LogP contribution in [-0.4, -0.2) is 30.7 Å². The number of sulfonamides is 1. The molecule has 0 bridgehead atoms. The fourth-order valence-corrected chi connectivity index (χ4v) is 2.40. The second kappa shape index (κ2) is 6.71. The molecular weight excluding hydrogens is 320 g/mol. The van der Waals surface area contributed by atoms with Gasteiger partial charge in [0.05, 0.1) is 4.90 Å². The van der Waals surface area contributed by atoms with E-state index in [1.165, 1.54) is 31.3 Å². The second-order valence-corrected chi connectivity index (χ2v) is 6.44. The van der Waals surface area contributed by atoms with Gasteiger partial charge in [-0.15, -0.1) is 0 Å². The Morgan fingerprint density at radius 1 is 1.22 bits per heavy atom. The number of benzene rings is 1. The van der Waals surface area contributed by atoms with Crippen molar-refractivity contribution >= 4 is 15.9 Å². The summed E-state index contributed by atoms with van der Waals surface area (Å²) in [6.07, 6.45) is 0.516. The zero-order chi connectivity index (χ0) is 17.0. The Bertz CT molecular complexity index is 872. The SMILES string of the molecule is Cn1nc(C(=O)NCCc2ccc(S(N)(=O)=O)cc2)ccc1=O. The molecule has 1 aromatic carbocycles. The van der Waals surface area contributed by atoms with Crippen molar-refractivity contribution in [3.05, 3.63) is 58.0 Å². The summed E-state index contributed by atoms with van der Waals surface area (Å²) in [5.41, 5.74) is 0.708. The number of carbonyl (C=O) groups excluding carboxylic acids is 1. The Hall–Kier alpha value is -2.52. The average molecular weight is 336 g/mol. The van der Waals surface area contributed by atoms with E-state index in [2.05, 4.69) is 10.4 Å². The molecule has 1 amide bonds. The molecule has 1 aromatic heterocycles. The normalized spacial score (nSPS) is 11.2. The van der Waals surface area contributed by atoms with Crippen LogP contribution in [-0.2, 0) is 23.5 Å². The van der Waals surface area contributed by atoms with E-state index in [1.54, 1.807) is 12.1 Å². The van der Waals surface area contributed by atoms with E-state index in [4.69, 9.17) is 5.14 Å². The molecule has 2 rings (SSSR count). The van der Waals surface area contributed by atoms with Crippen molar-refractivity contribution < 1.29 is 13.2 Å². The van der Waals surface area contributed by atoms with Crippen LogP contribution in [0.1, 0.15) is 16.1 Å². The second-order valence-electron chi connectivity index (χ2n) is 4.88. The molecule has 0 spiro atoms. The first-order valence-electron chi connectivity index (χ1n) is 6.71. The quantitative estimate of drug-likeness (QED) is 0.754. The number of hydrogen-bond donors (Lipinski definition) is 2. The van der Waals surface area contributed by atoms with Crippen LogP contribution in [0.25, 0.3) is 0 Å². The Kier molecular flexibility index (Phi) is 4.92. The lowest BCUT2D eigenvalue weighted by Gasteiger charge is -2.06. The fraction of sp³-hybridized carbons (Fsp3) is 0.214. The van der Waals surface area contributed by atoms with Gasteiger partial charge in [-0.25, -0.2) is 18.2 Å². The summed E-state index contributed by atoms with van der Waals surface area (Å²) in [5, 5.41) is 11.5. The van der Waals surface area contributed by atoms with Gasteiger partial charge in [0.15, 0.2) is 0 Å². The largest absolute Gasteiger partial charge is 0.350 e. The van der Waals surface area contributed by atoms with E-state index < -0.39 is 10.0 Å². The number of nitrogens with zero attached hydrogens (tertiary/aromatic N) is 2. The zero-order valence-corrected chi connectivity index (χ0v) is 13.2. The molecule has 0 saturated heterocycles. The summed E-state index contributed by atoms with van der Waals surface area (Å²) >= 11 is 0. The van der Waals surface area contributed by atoms with Crippen molar-refractivity contribution in [2.24, 2.45) is 12.2 Å². The maximum Gasteiger partial charge on any atom is 0.271 e. The minimum absolute atomic E-state index is 0.0414. The van der Waals surface area contributed by atoms with E-state index in [1.807, 2.05) is 0 Å². The van der Waals surface area contributed by atoms with E-state index in [0.717, 1.165) is 10.2 Å². The number of amides is 1. The number of nitrogens with one attached hydrogen (secondary N) is 1. The molecule has 0 radical (unpaired) electrons. The van der Waals surface area contributed by atoms with Crippen molar-refractivity contribution in [1.29, 1.82) is 0 Å². The van der Waals surface area contributed by atoms with Gasteiger partial charge in [-0.3, -0.25) is 9.59 Å². The maximum absolute atomic E-state index is 11.9. The highest BCUT2D eigenvalue weighted by atomic mass is 32.2. The van der Waals surface area contributed by atoms with Crippen LogP contribution in [0.4, 0.5) is 0 Å². The maximum atomic E-state index is 11.9. The number of rotatable bonds is 5. The molecule has 0 unspecified atom stereocenters. The van der Waals surface area contributed by atoms with E-state index in [-0.39, 0.29) is 22.1 Å². The topological polar surface area (TPSA) is 124 Å². The van der Waals surface area contributed by atoms with Crippen molar-refractivity contribution in [2.45, 2.75) is 11.3 Å². The third-order valence-corrected chi connectivity index (χ3v) is 4.07. The van der Waals surface area contributed by atoms with Crippen molar-refractivity contribution in [3.8, 4) is 0 Å². The summed E-state index contributed by atoms with van der Waals surface area (Å²) in [5.74, 6) is -0.387. The molecule has 0 fully saturated rings. The number of nitrogens with two attached hydrogens (primary N) is 1. The van der Waals surface area contributed by atoms with Crippen molar-refractivity contribution in [2.75, 3.05) is 6.54 Å². The number of hydrogen-bond acceptors (Lipinski definition) is 5. The molecule has 0 aliphatic heterocycles. The van der Waals surface area contributed by atoms with Gasteiger partial charge in [0.1, 0.15) is 5.69 Å². The standard InChI is InChI=1S/C14H16N4O4S/c1-18-13(19)7-6-12(17-18)14(20)16-9-8-10-2-4-11(5-3-10)23(15,21)22/h2-7H,8-9H2,1H3,(H,16,20)(H2,15,21,22). The molecule has 1 heterocycles. The smallest absolute Gasteiger partial charge is 0.271 e. The molecule has 0 atom stereocenters. The molecule has 3 N–H and O–H groups in total. The Balaban J connectivity index is 1.93. The predicted octanol–water partition coefficient (Wildman–Crippen LogP) is -0.600. The van der Waals surface area contributed by atoms with Crippen LogP contribution in [0.15, 0.2) is 46.1 Å². The Morgan fingerprint density at radius 2 is 1.87 bits per heavy atom. The van der Waals surface area contributed by atoms with Crippen molar-refractivity contribution in [1.82, 2.24) is 15.1 Å². The summed E-state index contributed by atoms with van der Waals surface area (Å²) in [6, 6.07) is 8.74. The summed E-state index contributed by atoms with van der Waals surface area (Å²) in [6.45, 7) is 0.345. The number of aryl methyl sites for hydroxylation is 1. The van der Waals surface area contributed by atoms with Crippen LogP contribution >= 0.6 is 0 Å². The third-order valence-electron chi connectivity index (χ3n) is 3.14. The highest BCUT2D eigenvalue weighted by Crippen LogP contribution is 2.08.